The van der Waals surface area contributed by atoms with E-state index in [0.717, 1.165) is 22.8 Å². The summed E-state index contributed by atoms with van der Waals surface area (Å²) in [5.41, 5.74) is 6.56. The molecule has 0 aromatic heterocycles. The van der Waals surface area contributed by atoms with Crippen LogP contribution in [0.1, 0.15) is 60.4 Å². The number of halogens is 1. The molecule has 3 heteroatoms. The SMILES string of the molecule is CC(C)c1ccc2c(c1)[C@@H]1C=CC[C@@H]1[C@H](c1ccc(OCc3ccc(Cl)cc3)cc1)N2. The first kappa shape index (κ1) is 20.2. The molecule has 0 bridgehead atoms. The van der Waals surface area contributed by atoms with E-state index in [1.807, 2.05) is 24.3 Å². The summed E-state index contributed by atoms with van der Waals surface area (Å²) < 4.78 is 5.98. The Kier molecular flexibility index (Phi) is 5.50. The van der Waals surface area contributed by atoms with Crippen LogP contribution in [0.3, 0.4) is 0 Å². The Balaban J connectivity index is 1.33. The predicted molar refractivity (Wildman–Crippen MR) is 129 cm³/mol. The molecule has 31 heavy (non-hydrogen) atoms. The Bertz CT molecular complexity index is 1090. The van der Waals surface area contributed by atoms with Gasteiger partial charge in [-0.15, -0.1) is 0 Å². The van der Waals surface area contributed by atoms with Gasteiger partial charge in [-0.3, -0.25) is 0 Å². The first-order chi connectivity index (χ1) is 15.1. The van der Waals surface area contributed by atoms with E-state index >= 15 is 0 Å². The zero-order valence-corrected chi connectivity index (χ0v) is 18.8. The van der Waals surface area contributed by atoms with Gasteiger partial charge >= 0.3 is 0 Å². The Morgan fingerprint density at radius 1 is 1.00 bits per heavy atom. The Morgan fingerprint density at radius 3 is 2.52 bits per heavy atom. The molecule has 3 aromatic rings. The molecule has 0 spiro atoms. The van der Waals surface area contributed by atoms with Gasteiger partial charge in [-0.05, 0) is 70.8 Å². The van der Waals surface area contributed by atoms with Crippen molar-refractivity contribution in [2.75, 3.05) is 5.32 Å². The van der Waals surface area contributed by atoms with Gasteiger partial charge in [0.25, 0.3) is 0 Å². The number of allylic oxidation sites excluding steroid dienone is 2. The molecule has 3 aromatic carbocycles. The number of rotatable bonds is 5. The summed E-state index contributed by atoms with van der Waals surface area (Å²) in [6, 6.07) is 23.6. The highest BCUT2D eigenvalue weighted by Gasteiger charge is 2.37. The quantitative estimate of drug-likeness (QED) is 0.416. The van der Waals surface area contributed by atoms with E-state index in [9.17, 15) is 0 Å². The molecule has 0 unspecified atom stereocenters. The van der Waals surface area contributed by atoms with E-state index in [1.54, 1.807) is 0 Å². The summed E-state index contributed by atoms with van der Waals surface area (Å²) in [5.74, 6) is 2.47. The van der Waals surface area contributed by atoms with Crippen LogP contribution in [-0.2, 0) is 6.61 Å². The average molecular weight is 430 g/mol. The molecular weight excluding hydrogens is 402 g/mol. The molecule has 1 N–H and O–H groups in total. The van der Waals surface area contributed by atoms with E-state index in [2.05, 4.69) is 73.8 Å². The predicted octanol–water partition coefficient (Wildman–Crippen LogP) is 7.87. The van der Waals surface area contributed by atoms with Gasteiger partial charge in [-0.1, -0.05) is 74.0 Å². The number of hydrogen-bond acceptors (Lipinski definition) is 2. The van der Waals surface area contributed by atoms with Crippen molar-refractivity contribution in [1.82, 2.24) is 0 Å². The van der Waals surface area contributed by atoms with Gasteiger partial charge in [0, 0.05) is 16.6 Å². The molecule has 1 heterocycles. The molecule has 1 aliphatic carbocycles. The second kappa shape index (κ2) is 8.43. The third-order valence-corrected chi connectivity index (χ3v) is 6.86. The molecule has 0 radical (unpaired) electrons. The van der Waals surface area contributed by atoms with Gasteiger partial charge in [0.05, 0.1) is 6.04 Å². The van der Waals surface area contributed by atoms with E-state index in [0.29, 0.717) is 30.4 Å². The Hall–Kier alpha value is -2.71. The maximum absolute atomic E-state index is 5.98. The fraction of sp³-hybridized carbons (Fsp3) is 0.286. The van der Waals surface area contributed by atoms with Gasteiger partial charge in [0.1, 0.15) is 12.4 Å². The fourth-order valence-corrected chi connectivity index (χ4v) is 4.95. The standard InChI is InChI=1S/C28H28ClNO/c1-18(2)21-10-15-27-26(16-21)24-4-3-5-25(24)28(30-27)20-8-13-23(14-9-20)31-17-19-6-11-22(29)12-7-19/h3-4,6-16,18,24-25,28,30H,5,17H2,1-2H3/t24-,25+,28+/m1/s1. The van der Waals surface area contributed by atoms with Gasteiger partial charge in [-0.25, -0.2) is 0 Å². The summed E-state index contributed by atoms with van der Waals surface area (Å²) in [6.07, 6.45) is 5.87. The van der Waals surface area contributed by atoms with Crippen LogP contribution < -0.4 is 10.1 Å². The first-order valence-electron chi connectivity index (χ1n) is 11.1. The summed E-state index contributed by atoms with van der Waals surface area (Å²) >= 11 is 5.96. The smallest absolute Gasteiger partial charge is 0.119 e. The molecule has 0 amide bonds. The molecule has 158 valence electrons. The van der Waals surface area contributed by atoms with Gasteiger partial charge in [-0.2, -0.15) is 0 Å². The fourth-order valence-electron chi connectivity index (χ4n) is 4.82. The lowest BCUT2D eigenvalue weighted by atomic mass is 9.76. The van der Waals surface area contributed by atoms with Crippen molar-refractivity contribution in [3.8, 4) is 5.75 Å². The van der Waals surface area contributed by atoms with Crippen molar-refractivity contribution in [1.29, 1.82) is 0 Å². The van der Waals surface area contributed by atoms with Crippen molar-refractivity contribution in [3.63, 3.8) is 0 Å². The minimum absolute atomic E-state index is 0.308. The Labute approximate surface area is 189 Å². The third-order valence-electron chi connectivity index (χ3n) is 6.61. The highest BCUT2D eigenvalue weighted by Crippen LogP contribution is 2.50. The normalized spacial score (nSPS) is 21.5. The number of nitrogens with one attached hydrogen (secondary N) is 1. The molecule has 5 rings (SSSR count). The number of hydrogen-bond donors (Lipinski definition) is 1. The van der Waals surface area contributed by atoms with Crippen LogP contribution in [0.4, 0.5) is 5.69 Å². The average Bonchev–Trinajstić information content (AvgIpc) is 3.28. The van der Waals surface area contributed by atoms with Crippen LogP contribution in [0, 0.1) is 5.92 Å². The largest absolute Gasteiger partial charge is 0.489 e. The monoisotopic (exact) mass is 429 g/mol. The van der Waals surface area contributed by atoms with Crippen LogP contribution >= 0.6 is 11.6 Å². The lowest BCUT2D eigenvalue weighted by Crippen LogP contribution is -2.29. The highest BCUT2D eigenvalue weighted by atomic mass is 35.5. The van der Waals surface area contributed by atoms with Crippen molar-refractivity contribution in [2.45, 2.75) is 44.8 Å². The second-order valence-corrected chi connectivity index (χ2v) is 9.40. The summed E-state index contributed by atoms with van der Waals surface area (Å²) in [7, 11) is 0. The summed E-state index contributed by atoms with van der Waals surface area (Å²) in [4.78, 5) is 0. The molecule has 2 nitrogen and oxygen atoms in total. The zero-order chi connectivity index (χ0) is 21.4. The third kappa shape index (κ3) is 4.09. The van der Waals surface area contributed by atoms with Crippen LogP contribution in [0.5, 0.6) is 5.75 Å². The van der Waals surface area contributed by atoms with Crippen molar-refractivity contribution >= 4 is 17.3 Å². The van der Waals surface area contributed by atoms with Crippen molar-refractivity contribution in [3.05, 3.63) is 106 Å². The molecule has 0 fully saturated rings. The number of anilines is 1. The van der Waals surface area contributed by atoms with E-state index in [1.165, 1.54) is 22.4 Å². The second-order valence-electron chi connectivity index (χ2n) is 8.96. The topological polar surface area (TPSA) is 21.3 Å². The molecule has 0 saturated carbocycles. The van der Waals surface area contributed by atoms with Gasteiger partial charge in [0.15, 0.2) is 0 Å². The minimum atomic E-state index is 0.308. The van der Waals surface area contributed by atoms with E-state index < -0.39 is 0 Å². The number of fused-ring (bicyclic) bond motifs is 3. The Morgan fingerprint density at radius 2 is 1.77 bits per heavy atom. The number of ether oxygens (including phenoxy) is 1. The lowest BCUT2D eigenvalue weighted by molar-refractivity contribution is 0.306. The molecule has 1 aliphatic heterocycles. The summed E-state index contributed by atoms with van der Waals surface area (Å²) in [6.45, 7) is 5.07. The highest BCUT2D eigenvalue weighted by molar-refractivity contribution is 6.30. The first-order valence-corrected chi connectivity index (χ1v) is 11.5. The number of benzene rings is 3. The molecule has 0 saturated heterocycles. The minimum Gasteiger partial charge on any atom is -0.489 e. The lowest BCUT2D eigenvalue weighted by Gasteiger charge is -2.38. The maximum atomic E-state index is 5.98. The van der Waals surface area contributed by atoms with Crippen LogP contribution in [-0.4, -0.2) is 0 Å². The van der Waals surface area contributed by atoms with Gasteiger partial charge < -0.3 is 10.1 Å². The van der Waals surface area contributed by atoms with Crippen LogP contribution in [0.2, 0.25) is 5.02 Å². The van der Waals surface area contributed by atoms with Gasteiger partial charge in [0.2, 0.25) is 0 Å². The summed E-state index contributed by atoms with van der Waals surface area (Å²) in [5, 5.41) is 4.59. The zero-order valence-electron chi connectivity index (χ0n) is 18.0. The van der Waals surface area contributed by atoms with Crippen molar-refractivity contribution in [2.24, 2.45) is 5.92 Å². The van der Waals surface area contributed by atoms with Crippen molar-refractivity contribution < 1.29 is 4.74 Å². The molecule has 2 aliphatic rings. The van der Waals surface area contributed by atoms with Crippen LogP contribution in [0.25, 0.3) is 0 Å². The van der Waals surface area contributed by atoms with E-state index in [-0.39, 0.29) is 0 Å². The molecule has 3 atom stereocenters. The van der Waals surface area contributed by atoms with Crippen LogP contribution in [0.15, 0.2) is 78.9 Å². The van der Waals surface area contributed by atoms with E-state index in [4.69, 9.17) is 16.3 Å². The maximum Gasteiger partial charge on any atom is 0.119 e. The molecular formula is C28H28ClNO.